The number of amides is 1. The Kier molecular flexibility index (Phi) is 4.93. The molecular formula is C19H28N2O2S. The van der Waals surface area contributed by atoms with E-state index in [4.69, 9.17) is 4.74 Å². The molecule has 0 aromatic carbocycles. The Bertz CT molecular complexity index is 540. The molecular weight excluding hydrogens is 320 g/mol. The van der Waals surface area contributed by atoms with Crippen molar-refractivity contribution in [2.24, 2.45) is 0 Å². The maximum atomic E-state index is 11.8. The van der Waals surface area contributed by atoms with E-state index >= 15 is 0 Å². The standard InChI is InChI=1S/C19H28N2O2S/c1-14(22)21-16-2-3-17(21)11-19(10-16)23-18-4-7-20(8-5-18)12-15-6-9-24-13-15/h6,9,13,16-19H,2-5,7-8,10-12H2,1H3/t16-,17+,19?. The number of piperidine rings is 2. The maximum absolute atomic E-state index is 11.8. The molecule has 24 heavy (non-hydrogen) atoms. The number of hydrogen-bond acceptors (Lipinski definition) is 4. The Morgan fingerprint density at radius 2 is 1.88 bits per heavy atom. The van der Waals surface area contributed by atoms with Crippen molar-refractivity contribution in [3.63, 3.8) is 0 Å². The summed E-state index contributed by atoms with van der Waals surface area (Å²) < 4.78 is 6.46. The van der Waals surface area contributed by atoms with Gasteiger partial charge in [0.25, 0.3) is 0 Å². The Balaban J connectivity index is 1.24. The molecule has 1 unspecified atom stereocenters. The predicted octanol–water partition coefficient (Wildman–Crippen LogP) is 3.27. The Hall–Kier alpha value is -0.910. The summed E-state index contributed by atoms with van der Waals surface area (Å²) in [4.78, 5) is 16.5. The van der Waals surface area contributed by atoms with E-state index in [0.717, 1.165) is 45.3 Å². The largest absolute Gasteiger partial charge is 0.375 e. The van der Waals surface area contributed by atoms with Crippen LogP contribution in [-0.4, -0.2) is 53.1 Å². The number of fused-ring (bicyclic) bond motifs is 2. The quantitative estimate of drug-likeness (QED) is 0.837. The summed E-state index contributed by atoms with van der Waals surface area (Å²) >= 11 is 1.78. The Morgan fingerprint density at radius 1 is 1.17 bits per heavy atom. The average molecular weight is 349 g/mol. The van der Waals surface area contributed by atoms with Crippen LogP contribution in [0, 0.1) is 0 Å². The first-order chi connectivity index (χ1) is 11.7. The van der Waals surface area contributed by atoms with Crippen LogP contribution < -0.4 is 0 Å². The van der Waals surface area contributed by atoms with Crippen LogP contribution in [0.4, 0.5) is 0 Å². The molecule has 0 radical (unpaired) electrons. The molecule has 0 spiro atoms. The lowest BCUT2D eigenvalue weighted by molar-refractivity contribution is -0.138. The van der Waals surface area contributed by atoms with Crippen molar-refractivity contribution in [1.82, 2.24) is 9.80 Å². The third-order valence-corrected chi connectivity index (χ3v) is 6.69. The van der Waals surface area contributed by atoms with Crippen LogP contribution in [0.3, 0.4) is 0 Å². The van der Waals surface area contributed by atoms with Crippen molar-refractivity contribution in [3.05, 3.63) is 22.4 Å². The summed E-state index contributed by atoms with van der Waals surface area (Å²) in [5, 5.41) is 4.41. The van der Waals surface area contributed by atoms with Crippen molar-refractivity contribution >= 4 is 17.2 Å². The van der Waals surface area contributed by atoms with Crippen LogP contribution in [0.5, 0.6) is 0 Å². The molecule has 0 saturated carbocycles. The molecule has 4 nitrogen and oxygen atoms in total. The number of carbonyl (C=O) groups excluding carboxylic acids is 1. The number of carbonyl (C=O) groups is 1. The molecule has 3 aliphatic heterocycles. The van der Waals surface area contributed by atoms with Crippen LogP contribution in [-0.2, 0) is 16.1 Å². The Labute approximate surface area is 148 Å². The first-order valence-corrected chi connectivity index (χ1v) is 10.3. The van der Waals surface area contributed by atoms with Gasteiger partial charge in [0.15, 0.2) is 0 Å². The average Bonchev–Trinajstić information content (AvgIpc) is 3.16. The number of hydrogen-bond donors (Lipinski definition) is 0. The van der Waals surface area contributed by atoms with Crippen LogP contribution >= 0.6 is 11.3 Å². The zero-order chi connectivity index (χ0) is 16.5. The maximum Gasteiger partial charge on any atom is 0.219 e. The zero-order valence-corrected chi connectivity index (χ0v) is 15.3. The molecule has 1 amide bonds. The van der Waals surface area contributed by atoms with Gasteiger partial charge in [-0.2, -0.15) is 11.3 Å². The second-order valence-corrected chi connectivity index (χ2v) is 8.43. The van der Waals surface area contributed by atoms with E-state index < -0.39 is 0 Å². The molecule has 0 aliphatic carbocycles. The number of likely N-dealkylation sites (tertiary alicyclic amines) is 1. The molecule has 5 heteroatoms. The molecule has 1 aromatic rings. The van der Waals surface area contributed by atoms with Crippen molar-refractivity contribution in [2.75, 3.05) is 13.1 Å². The highest BCUT2D eigenvalue weighted by molar-refractivity contribution is 7.07. The van der Waals surface area contributed by atoms with Gasteiger partial charge in [-0.3, -0.25) is 9.69 Å². The minimum atomic E-state index is 0.252. The van der Waals surface area contributed by atoms with Gasteiger partial charge in [-0.15, -0.1) is 0 Å². The van der Waals surface area contributed by atoms with Gasteiger partial charge >= 0.3 is 0 Å². The second kappa shape index (κ2) is 7.14. The highest BCUT2D eigenvalue weighted by Gasteiger charge is 2.43. The highest BCUT2D eigenvalue weighted by Crippen LogP contribution is 2.37. The smallest absolute Gasteiger partial charge is 0.219 e. The lowest BCUT2D eigenvalue weighted by Crippen LogP contribution is -2.49. The highest BCUT2D eigenvalue weighted by atomic mass is 32.1. The number of ether oxygens (including phenoxy) is 1. The first kappa shape index (κ1) is 16.6. The fraction of sp³-hybridized carbons (Fsp3) is 0.737. The van der Waals surface area contributed by atoms with Crippen molar-refractivity contribution in [2.45, 2.75) is 76.3 Å². The van der Waals surface area contributed by atoms with Gasteiger partial charge in [-0.05, 0) is 60.9 Å². The molecule has 4 rings (SSSR count). The first-order valence-electron chi connectivity index (χ1n) is 9.37. The van der Waals surface area contributed by atoms with E-state index in [1.165, 1.54) is 18.4 Å². The summed E-state index contributed by atoms with van der Waals surface area (Å²) in [5.41, 5.74) is 1.44. The van der Waals surface area contributed by atoms with Crippen molar-refractivity contribution < 1.29 is 9.53 Å². The van der Waals surface area contributed by atoms with Gasteiger partial charge in [0, 0.05) is 38.6 Å². The van der Waals surface area contributed by atoms with Gasteiger partial charge in [0.2, 0.25) is 5.91 Å². The molecule has 0 N–H and O–H groups in total. The van der Waals surface area contributed by atoms with E-state index in [9.17, 15) is 4.79 Å². The topological polar surface area (TPSA) is 32.8 Å². The van der Waals surface area contributed by atoms with E-state index in [0.29, 0.717) is 24.3 Å². The SMILES string of the molecule is CC(=O)N1[C@@H]2CC[C@H]1CC(OC1CCN(Cc3ccsc3)CC1)C2. The van der Waals surface area contributed by atoms with Crippen LogP contribution in [0.2, 0.25) is 0 Å². The van der Waals surface area contributed by atoms with Crippen LogP contribution in [0.25, 0.3) is 0 Å². The third kappa shape index (κ3) is 3.53. The van der Waals surface area contributed by atoms with Gasteiger partial charge in [0.05, 0.1) is 12.2 Å². The molecule has 2 bridgehead atoms. The molecule has 3 fully saturated rings. The van der Waals surface area contributed by atoms with Gasteiger partial charge < -0.3 is 9.64 Å². The lowest BCUT2D eigenvalue weighted by Gasteiger charge is -2.41. The number of nitrogens with zero attached hydrogens (tertiary/aromatic N) is 2. The normalized spacial score (nSPS) is 31.5. The summed E-state index contributed by atoms with van der Waals surface area (Å²) in [6.07, 6.45) is 7.50. The number of rotatable bonds is 4. The second-order valence-electron chi connectivity index (χ2n) is 7.65. The van der Waals surface area contributed by atoms with Gasteiger partial charge in [-0.25, -0.2) is 0 Å². The van der Waals surface area contributed by atoms with Gasteiger partial charge in [0.1, 0.15) is 0 Å². The summed E-state index contributed by atoms with van der Waals surface area (Å²) in [5.74, 6) is 0.252. The molecule has 1 aromatic heterocycles. The van der Waals surface area contributed by atoms with E-state index in [2.05, 4.69) is 26.6 Å². The predicted molar refractivity (Wildman–Crippen MR) is 96.1 cm³/mol. The van der Waals surface area contributed by atoms with E-state index in [-0.39, 0.29) is 5.91 Å². The summed E-state index contributed by atoms with van der Waals surface area (Å²) in [6, 6.07) is 3.10. The fourth-order valence-electron chi connectivity index (χ4n) is 4.87. The zero-order valence-electron chi connectivity index (χ0n) is 14.5. The monoisotopic (exact) mass is 348 g/mol. The molecule has 3 saturated heterocycles. The molecule has 3 aliphatic rings. The molecule has 4 heterocycles. The van der Waals surface area contributed by atoms with Crippen molar-refractivity contribution in [3.8, 4) is 0 Å². The van der Waals surface area contributed by atoms with E-state index in [1.54, 1.807) is 18.3 Å². The summed E-state index contributed by atoms with van der Waals surface area (Å²) in [6.45, 7) is 5.08. The fourth-order valence-corrected chi connectivity index (χ4v) is 5.53. The number of thiophene rings is 1. The minimum absolute atomic E-state index is 0.252. The minimum Gasteiger partial charge on any atom is -0.375 e. The van der Waals surface area contributed by atoms with Crippen molar-refractivity contribution in [1.29, 1.82) is 0 Å². The van der Waals surface area contributed by atoms with Gasteiger partial charge in [-0.1, -0.05) is 0 Å². The Morgan fingerprint density at radius 3 is 2.46 bits per heavy atom. The molecule has 132 valence electrons. The van der Waals surface area contributed by atoms with Crippen LogP contribution in [0.1, 0.15) is 51.0 Å². The van der Waals surface area contributed by atoms with Crippen LogP contribution in [0.15, 0.2) is 16.8 Å². The van der Waals surface area contributed by atoms with E-state index in [1.807, 2.05) is 0 Å². The third-order valence-electron chi connectivity index (χ3n) is 5.96. The molecule has 3 atom stereocenters. The lowest BCUT2D eigenvalue weighted by atomic mass is 9.98. The summed E-state index contributed by atoms with van der Waals surface area (Å²) in [7, 11) is 0.